The summed E-state index contributed by atoms with van der Waals surface area (Å²) < 4.78 is 0. The first-order valence-corrected chi connectivity index (χ1v) is 5.56. The zero-order valence-electron chi connectivity index (χ0n) is 7.32. The highest BCUT2D eigenvalue weighted by Gasteiger charge is 2.35. The van der Waals surface area contributed by atoms with Crippen LogP contribution in [-0.2, 0) is 4.79 Å². The molecule has 1 nitrogen and oxygen atoms in total. The zero-order chi connectivity index (χ0) is 8.55. The third kappa shape index (κ3) is 1.58. The Balaban J connectivity index is 1.83. The van der Waals surface area contributed by atoms with Crippen LogP contribution in [0.1, 0.15) is 19.8 Å². The zero-order valence-corrected chi connectivity index (χ0v) is 8.14. The van der Waals surface area contributed by atoms with E-state index in [-0.39, 0.29) is 5.12 Å². The lowest BCUT2D eigenvalue weighted by atomic mass is 9.96. The molecule has 0 heterocycles. The van der Waals surface area contributed by atoms with Gasteiger partial charge >= 0.3 is 0 Å². The van der Waals surface area contributed by atoms with Crippen LogP contribution < -0.4 is 0 Å². The first kappa shape index (κ1) is 8.36. The maximum atomic E-state index is 10.8. The maximum Gasteiger partial charge on any atom is 0.185 e. The Labute approximate surface area is 77.6 Å². The highest BCUT2D eigenvalue weighted by molar-refractivity contribution is 8.13. The molecule has 0 radical (unpaired) electrons. The smallest absolute Gasteiger partial charge is 0.185 e. The molecule has 66 valence electrons. The van der Waals surface area contributed by atoms with Crippen LogP contribution in [0.25, 0.3) is 0 Å². The lowest BCUT2D eigenvalue weighted by Crippen LogP contribution is -2.10. The van der Waals surface area contributed by atoms with Gasteiger partial charge in [-0.05, 0) is 30.6 Å². The molecular weight excluding hydrogens is 168 g/mol. The number of hydrogen-bond donors (Lipinski definition) is 0. The van der Waals surface area contributed by atoms with Crippen LogP contribution in [-0.4, -0.2) is 10.9 Å². The van der Waals surface area contributed by atoms with Gasteiger partial charge in [-0.2, -0.15) is 0 Å². The number of thioether (sulfide) groups is 1. The van der Waals surface area contributed by atoms with E-state index in [1.807, 2.05) is 0 Å². The molecule has 0 aliphatic heterocycles. The van der Waals surface area contributed by atoms with Gasteiger partial charge in [-0.1, -0.05) is 23.9 Å². The summed E-state index contributed by atoms with van der Waals surface area (Å²) in [5, 5.41) is 0.266. The van der Waals surface area contributed by atoms with E-state index < -0.39 is 0 Å². The minimum atomic E-state index is 0.266. The standard InChI is InChI=1S/C10H14OS/c1-7(11)12-6-10-5-8-2-3-9(10)4-8/h2-3,8-10H,4-6H2,1H3. The number of allylic oxidation sites excluding steroid dienone is 2. The first-order chi connectivity index (χ1) is 5.75. The van der Waals surface area contributed by atoms with Crippen LogP contribution >= 0.6 is 11.8 Å². The summed E-state index contributed by atoms with van der Waals surface area (Å²) in [6.07, 6.45) is 7.36. The van der Waals surface area contributed by atoms with Crippen LogP contribution in [0, 0.1) is 17.8 Å². The molecule has 2 aliphatic carbocycles. The Kier molecular flexibility index (Phi) is 2.26. The molecule has 12 heavy (non-hydrogen) atoms. The minimum Gasteiger partial charge on any atom is -0.288 e. The number of carbonyl (C=O) groups is 1. The van der Waals surface area contributed by atoms with Gasteiger partial charge in [-0.25, -0.2) is 0 Å². The Hall–Kier alpha value is -0.240. The van der Waals surface area contributed by atoms with Crippen molar-refractivity contribution in [3.8, 4) is 0 Å². The van der Waals surface area contributed by atoms with Gasteiger partial charge in [0.25, 0.3) is 0 Å². The van der Waals surface area contributed by atoms with Crippen molar-refractivity contribution in [3.63, 3.8) is 0 Å². The van der Waals surface area contributed by atoms with Gasteiger partial charge in [0.1, 0.15) is 0 Å². The van der Waals surface area contributed by atoms with Gasteiger partial charge in [0.05, 0.1) is 0 Å². The highest BCUT2D eigenvalue weighted by Crippen LogP contribution is 2.44. The number of rotatable bonds is 2. The fraction of sp³-hybridized carbons (Fsp3) is 0.700. The third-order valence-corrected chi connectivity index (χ3v) is 3.92. The fourth-order valence-corrected chi connectivity index (χ4v) is 3.14. The summed E-state index contributed by atoms with van der Waals surface area (Å²) in [4.78, 5) is 10.8. The molecule has 3 unspecified atom stereocenters. The van der Waals surface area contributed by atoms with Gasteiger partial charge in [-0.3, -0.25) is 4.79 Å². The summed E-state index contributed by atoms with van der Waals surface area (Å²) >= 11 is 1.50. The summed E-state index contributed by atoms with van der Waals surface area (Å²) in [6.45, 7) is 1.66. The lowest BCUT2D eigenvalue weighted by molar-refractivity contribution is -0.109. The first-order valence-electron chi connectivity index (χ1n) is 4.57. The van der Waals surface area contributed by atoms with Crippen molar-refractivity contribution < 1.29 is 4.79 Å². The largest absolute Gasteiger partial charge is 0.288 e. The van der Waals surface area contributed by atoms with E-state index in [9.17, 15) is 4.79 Å². The second-order valence-corrected chi connectivity index (χ2v) is 5.04. The molecular formula is C10H14OS. The van der Waals surface area contributed by atoms with E-state index in [4.69, 9.17) is 0 Å². The Morgan fingerprint density at radius 1 is 1.50 bits per heavy atom. The number of fused-ring (bicyclic) bond motifs is 2. The Morgan fingerprint density at radius 2 is 2.33 bits per heavy atom. The summed E-state index contributed by atoms with van der Waals surface area (Å²) in [5.41, 5.74) is 0. The van der Waals surface area contributed by atoms with E-state index in [0.29, 0.717) is 0 Å². The topological polar surface area (TPSA) is 17.1 Å². The van der Waals surface area contributed by atoms with Crippen LogP contribution in [0.5, 0.6) is 0 Å². The van der Waals surface area contributed by atoms with Gasteiger partial charge < -0.3 is 0 Å². The van der Waals surface area contributed by atoms with Crippen molar-refractivity contribution in [2.24, 2.45) is 17.8 Å². The van der Waals surface area contributed by atoms with Crippen LogP contribution in [0.15, 0.2) is 12.2 Å². The molecule has 0 aromatic heterocycles. The molecule has 1 saturated carbocycles. The van der Waals surface area contributed by atoms with Crippen LogP contribution in [0.3, 0.4) is 0 Å². The van der Waals surface area contributed by atoms with Crippen molar-refractivity contribution in [2.45, 2.75) is 19.8 Å². The molecule has 0 saturated heterocycles. The van der Waals surface area contributed by atoms with E-state index in [2.05, 4.69) is 12.2 Å². The van der Waals surface area contributed by atoms with Crippen molar-refractivity contribution in [1.82, 2.24) is 0 Å². The van der Waals surface area contributed by atoms with Crippen LogP contribution in [0.2, 0.25) is 0 Å². The van der Waals surface area contributed by atoms with Gasteiger partial charge in [0, 0.05) is 12.7 Å². The number of carbonyl (C=O) groups excluding carboxylic acids is 1. The Morgan fingerprint density at radius 3 is 2.83 bits per heavy atom. The van der Waals surface area contributed by atoms with Gasteiger partial charge in [0.15, 0.2) is 5.12 Å². The SMILES string of the molecule is CC(=O)SCC1CC2C=CC1C2. The quantitative estimate of drug-likeness (QED) is 0.610. The summed E-state index contributed by atoms with van der Waals surface area (Å²) in [6, 6.07) is 0. The molecule has 0 aromatic carbocycles. The van der Waals surface area contributed by atoms with Crippen molar-refractivity contribution in [3.05, 3.63) is 12.2 Å². The second-order valence-electron chi connectivity index (χ2n) is 3.84. The van der Waals surface area contributed by atoms with E-state index >= 15 is 0 Å². The molecule has 2 rings (SSSR count). The molecule has 3 atom stereocenters. The van der Waals surface area contributed by atoms with Crippen molar-refractivity contribution in [2.75, 3.05) is 5.75 Å². The average Bonchev–Trinajstić information content (AvgIpc) is 2.60. The molecule has 0 amide bonds. The third-order valence-electron chi connectivity index (χ3n) is 2.92. The van der Waals surface area contributed by atoms with Crippen LogP contribution in [0.4, 0.5) is 0 Å². The molecule has 2 heteroatoms. The monoisotopic (exact) mass is 182 g/mol. The van der Waals surface area contributed by atoms with Crippen molar-refractivity contribution >= 4 is 16.9 Å². The molecule has 0 spiro atoms. The average molecular weight is 182 g/mol. The normalized spacial score (nSPS) is 37.6. The lowest BCUT2D eigenvalue weighted by Gasteiger charge is -2.16. The predicted molar refractivity (Wildman–Crippen MR) is 52.0 cm³/mol. The molecule has 0 N–H and O–H groups in total. The second kappa shape index (κ2) is 3.25. The highest BCUT2D eigenvalue weighted by atomic mass is 32.2. The van der Waals surface area contributed by atoms with E-state index in [0.717, 1.165) is 23.5 Å². The predicted octanol–water partition coefficient (Wildman–Crippen LogP) is 2.48. The number of hydrogen-bond acceptors (Lipinski definition) is 2. The van der Waals surface area contributed by atoms with E-state index in [1.54, 1.807) is 6.92 Å². The minimum absolute atomic E-state index is 0.266. The Bertz CT molecular complexity index is 222. The van der Waals surface area contributed by atoms with E-state index in [1.165, 1.54) is 24.6 Å². The fourth-order valence-electron chi connectivity index (χ4n) is 2.31. The summed E-state index contributed by atoms with van der Waals surface area (Å²) in [7, 11) is 0. The maximum absolute atomic E-state index is 10.8. The molecule has 0 aromatic rings. The molecule has 2 bridgehead atoms. The molecule has 2 aliphatic rings. The van der Waals surface area contributed by atoms with Gasteiger partial charge in [-0.15, -0.1) is 0 Å². The molecule has 1 fully saturated rings. The van der Waals surface area contributed by atoms with Crippen molar-refractivity contribution in [1.29, 1.82) is 0 Å². The van der Waals surface area contributed by atoms with Gasteiger partial charge in [0.2, 0.25) is 0 Å². The summed E-state index contributed by atoms with van der Waals surface area (Å²) in [5.74, 6) is 3.46.